The molecule has 1 atom stereocenters. The number of ether oxygens (including phenoxy) is 1. The van der Waals surface area contributed by atoms with Crippen molar-refractivity contribution in [1.82, 2.24) is 4.72 Å². The molecule has 1 unspecified atom stereocenters. The lowest BCUT2D eigenvalue weighted by atomic mass is 9.88. The van der Waals surface area contributed by atoms with Crippen LogP contribution in [0.25, 0.3) is 0 Å². The minimum absolute atomic E-state index is 0.162. The average Bonchev–Trinajstić information content (AvgIpc) is 2.60. The lowest BCUT2D eigenvalue weighted by Gasteiger charge is -2.26. The van der Waals surface area contributed by atoms with Crippen LogP contribution in [0.15, 0.2) is 47.4 Å². The maximum absolute atomic E-state index is 12.6. The van der Waals surface area contributed by atoms with Crippen LogP contribution in [-0.4, -0.2) is 26.1 Å². The van der Waals surface area contributed by atoms with Crippen molar-refractivity contribution in [2.75, 3.05) is 6.61 Å². The Balaban J connectivity index is 1.81. The van der Waals surface area contributed by atoms with E-state index in [2.05, 4.69) is 4.72 Å². The summed E-state index contributed by atoms with van der Waals surface area (Å²) in [4.78, 5) is 10.8. The fraction of sp³-hybridized carbons (Fsp3) is 0.278. The van der Waals surface area contributed by atoms with E-state index in [1.54, 1.807) is 18.2 Å². The molecule has 6 nitrogen and oxygen atoms in total. The third-order valence-electron chi connectivity index (χ3n) is 4.21. The first-order valence-electron chi connectivity index (χ1n) is 8.10. The third kappa shape index (κ3) is 4.35. The van der Waals surface area contributed by atoms with Gasteiger partial charge in [0.05, 0.1) is 4.90 Å². The van der Waals surface area contributed by atoms with Gasteiger partial charge in [0.25, 0.3) is 0 Å². The molecule has 2 aromatic rings. The molecular formula is C18H18ClNO5S. The standard InChI is InChI=1S/C18H18ClNO5S/c19-13-4-7-15(8-5-13)26(23,24)20-17-3-1-2-12-10-14(6-9-16(12)17)25-11-18(21)22/h4-10,17,20H,1-3,11H2,(H,21,22). The van der Waals surface area contributed by atoms with E-state index in [4.69, 9.17) is 21.4 Å². The highest BCUT2D eigenvalue weighted by Gasteiger charge is 2.26. The molecule has 26 heavy (non-hydrogen) atoms. The van der Waals surface area contributed by atoms with Crippen molar-refractivity contribution in [3.8, 4) is 5.75 Å². The zero-order chi connectivity index (χ0) is 18.7. The summed E-state index contributed by atoms with van der Waals surface area (Å²) in [6.45, 7) is -0.411. The molecule has 0 fully saturated rings. The minimum atomic E-state index is -3.67. The van der Waals surface area contributed by atoms with Crippen LogP contribution >= 0.6 is 11.6 Å². The molecule has 0 saturated heterocycles. The number of fused-ring (bicyclic) bond motifs is 1. The molecular weight excluding hydrogens is 378 g/mol. The zero-order valence-electron chi connectivity index (χ0n) is 13.8. The van der Waals surface area contributed by atoms with E-state index in [0.29, 0.717) is 17.2 Å². The van der Waals surface area contributed by atoms with Gasteiger partial charge in [0.15, 0.2) is 6.61 Å². The predicted octanol–water partition coefficient (Wildman–Crippen LogP) is 3.16. The number of sulfonamides is 1. The van der Waals surface area contributed by atoms with Gasteiger partial charge in [-0.05, 0) is 66.8 Å². The number of hydrogen-bond acceptors (Lipinski definition) is 4. The molecule has 0 radical (unpaired) electrons. The molecule has 0 aromatic heterocycles. The van der Waals surface area contributed by atoms with Gasteiger partial charge in [0.1, 0.15) is 5.75 Å². The van der Waals surface area contributed by atoms with Crippen molar-refractivity contribution in [2.45, 2.75) is 30.2 Å². The molecule has 1 aliphatic carbocycles. The molecule has 2 aromatic carbocycles. The van der Waals surface area contributed by atoms with Crippen LogP contribution in [0, 0.1) is 0 Å². The number of carboxylic acids is 1. The molecule has 0 amide bonds. The summed E-state index contributed by atoms with van der Waals surface area (Å²) in [5.41, 5.74) is 1.85. The number of nitrogens with one attached hydrogen (secondary N) is 1. The highest BCUT2D eigenvalue weighted by Crippen LogP contribution is 2.33. The zero-order valence-corrected chi connectivity index (χ0v) is 15.4. The van der Waals surface area contributed by atoms with Crippen LogP contribution < -0.4 is 9.46 Å². The van der Waals surface area contributed by atoms with E-state index in [0.717, 1.165) is 24.0 Å². The summed E-state index contributed by atoms with van der Waals surface area (Å²) in [6.07, 6.45) is 2.30. The summed E-state index contributed by atoms with van der Waals surface area (Å²) in [7, 11) is -3.67. The Kier molecular flexibility index (Phi) is 5.50. The Hall–Kier alpha value is -2.09. The molecule has 0 spiro atoms. The number of carbonyl (C=O) groups is 1. The van der Waals surface area contributed by atoms with Crippen LogP contribution in [0.2, 0.25) is 5.02 Å². The molecule has 0 bridgehead atoms. The summed E-state index contributed by atoms with van der Waals surface area (Å²) in [5, 5.41) is 9.17. The number of halogens is 1. The summed E-state index contributed by atoms with van der Waals surface area (Å²) in [5.74, 6) is -0.580. The lowest BCUT2D eigenvalue weighted by Crippen LogP contribution is -2.31. The fourth-order valence-electron chi connectivity index (χ4n) is 3.02. The second-order valence-corrected chi connectivity index (χ2v) is 8.21. The van der Waals surface area contributed by atoms with E-state index in [9.17, 15) is 13.2 Å². The van der Waals surface area contributed by atoms with E-state index < -0.39 is 22.6 Å². The molecule has 0 heterocycles. The topological polar surface area (TPSA) is 92.7 Å². The SMILES string of the molecule is O=C(O)COc1ccc2c(c1)CCCC2NS(=O)(=O)c1ccc(Cl)cc1. The van der Waals surface area contributed by atoms with Crippen molar-refractivity contribution < 1.29 is 23.1 Å². The van der Waals surface area contributed by atoms with Gasteiger partial charge in [-0.3, -0.25) is 0 Å². The Bertz CT molecular complexity index is 912. The fourth-order valence-corrected chi connectivity index (χ4v) is 4.39. The number of hydrogen-bond donors (Lipinski definition) is 2. The molecule has 2 N–H and O–H groups in total. The van der Waals surface area contributed by atoms with Gasteiger partial charge in [0, 0.05) is 11.1 Å². The van der Waals surface area contributed by atoms with Crippen LogP contribution in [0.4, 0.5) is 0 Å². The van der Waals surface area contributed by atoms with Crippen molar-refractivity contribution in [3.05, 3.63) is 58.6 Å². The van der Waals surface area contributed by atoms with Gasteiger partial charge in [-0.25, -0.2) is 17.9 Å². The first kappa shape index (κ1) is 18.7. The maximum Gasteiger partial charge on any atom is 0.341 e. The third-order valence-corrected chi connectivity index (χ3v) is 5.95. The number of carboxylic acid groups (broad SMARTS) is 1. The number of aliphatic carboxylic acids is 1. The molecule has 0 saturated carbocycles. The summed E-state index contributed by atoms with van der Waals surface area (Å²) < 4.78 is 33.2. The molecule has 8 heteroatoms. The van der Waals surface area contributed by atoms with Gasteiger partial charge in [-0.1, -0.05) is 17.7 Å². The average molecular weight is 396 g/mol. The molecule has 138 valence electrons. The van der Waals surface area contributed by atoms with E-state index in [1.807, 2.05) is 0 Å². The van der Waals surface area contributed by atoms with Crippen LogP contribution in [0.1, 0.15) is 30.0 Å². The van der Waals surface area contributed by atoms with Gasteiger partial charge in [-0.15, -0.1) is 0 Å². The van der Waals surface area contributed by atoms with Gasteiger partial charge < -0.3 is 9.84 Å². The highest BCUT2D eigenvalue weighted by molar-refractivity contribution is 7.89. The van der Waals surface area contributed by atoms with Crippen molar-refractivity contribution >= 4 is 27.6 Å². The second-order valence-electron chi connectivity index (χ2n) is 6.06. The Morgan fingerprint density at radius 3 is 2.65 bits per heavy atom. The van der Waals surface area contributed by atoms with Crippen molar-refractivity contribution in [1.29, 1.82) is 0 Å². The van der Waals surface area contributed by atoms with Crippen LogP contribution in [0.3, 0.4) is 0 Å². The Morgan fingerprint density at radius 2 is 1.96 bits per heavy atom. The summed E-state index contributed by atoms with van der Waals surface area (Å²) >= 11 is 5.82. The second kappa shape index (κ2) is 7.65. The first-order valence-corrected chi connectivity index (χ1v) is 9.96. The van der Waals surface area contributed by atoms with Crippen LogP contribution in [0.5, 0.6) is 5.75 Å². The van der Waals surface area contributed by atoms with E-state index in [-0.39, 0.29) is 10.9 Å². The minimum Gasteiger partial charge on any atom is -0.482 e. The van der Waals surface area contributed by atoms with Crippen LogP contribution in [-0.2, 0) is 21.2 Å². The van der Waals surface area contributed by atoms with Crippen molar-refractivity contribution in [3.63, 3.8) is 0 Å². The highest BCUT2D eigenvalue weighted by atomic mass is 35.5. The Labute approximate surface area is 156 Å². The number of rotatable bonds is 6. The van der Waals surface area contributed by atoms with E-state index >= 15 is 0 Å². The molecule has 0 aliphatic heterocycles. The van der Waals surface area contributed by atoms with Gasteiger partial charge >= 0.3 is 5.97 Å². The quantitative estimate of drug-likeness (QED) is 0.783. The summed E-state index contributed by atoms with van der Waals surface area (Å²) in [6, 6.07) is 10.9. The van der Waals surface area contributed by atoms with Gasteiger partial charge in [0.2, 0.25) is 10.0 Å². The first-order chi connectivity index (χ1) is 12.3. The van der Waals surface area contributed by atoms with Crippen molar-refractivity contribution in [2.24, 2.45) is 0 Å². The smallest absolute Gasteiger partial charge is 0.341 e. The number of benzene rings is 2. The monoisotopic (exact) mass is 395 g/mol. The Morgan fingerprint density at radius 1 is 1.23 bits per heavy atom. The predicted molar refractivity (Wildman–Crippen MR) is 97.0 cm³/mol. The normalized spacial score (nSPS) is 16.7. The maximum atomic E-state index is 12.6. The van der Waals surface area contributed by atoms with E-state index in [1.165, 1.54) is 24.3 Å². The molecule has 1 aliphatic rings. The lowest BCUT2D eigenvalue weighted by molar-refractivity contribution is -0.139. The van der Waals surface area contributed by atoms with Gasteiger partial charge in [-0.2, -0.15) is 0 Å². The molecule has 3 rings (SSSR count). The largest absolute Gasteiger partial charge is 0.482 e. The number of aryl methyl sites for hydroxylation is 1.